The van der Waals surface area contributed by atoms with E-state index in [1.165, 1.54) is 13.3 Å². The molecule has 0 radical (unpaired) electrons. The van der Waals surface area contributed by atoms with Crippen molar-refractivity contribution in [1.82, 2.24) is 4.98 Å². The van der Waals surface area contributed by atoms with Crippen molar-refractivity contribution in [3.8, 4) is 0 Å². The van der Waals surface area contributed by atoms with Crippen LogP contribution in [0.4, 0.5) is 4.69 Å². The summed E-state index contributed by atoms with van der Waals surface area (Å²) >= 11 is -0.118. The summed E-state index contributed by atoms with van der Waals surface area (Å²) in [6.07, 6.45) is 1.46. The van der Waals surface area contributed by atoms with Crippen molar-refractivity contribution >= 4 is 25.2 Å². The molecule has 0 amide bonds. The molecule has 1 rings (SSSR count). The van der Waals surface area contributed by atoms with Gasteiger partial charge in [0, 0.05) is 0 Å². The molecular formula is C5H6N2O2Se. The zero-order chi connectivity index (χ0) is 7.56. The first kappa shape index (κ1) is 7.31. The first-order chi connectivity index (χ1) is 4.74. The Hall–Kier alpha value is -0.801. The fraction of sp³-hybridized carbons (Fsp3) is 0.200. The van der Waals surface area contributed by atoms with E-state index in [0.29, 0.717) is 9.13 Å². The standard InChI is InChI=1S/C5H6N2O2Se/c1-9-4(8)3-2-7-5(6)10-3/h2H,1H3,(H2,6,7). The number of rotatable bonds is 1. The van der Waals surface area contributed by atoms with Crippen molar-refractivity contribution in [3.63, 3.8) is 0 Å². The molecule has 0 aliphatic heterocycles. The second kappa shape index (κ2) is 2.86. The Morgan fingerprint density at radius 2 is 2.60 bits per heavy atom. The first-order valence-corrected chi connectivity index (χ1v) is 4.25. The molecule has 10 heavy (non-hydrogen) atoms. The number of ether oxygens (including phenoxy) is 1. The zero-order valence-electron chi connectivity index (χ0n) is 5.33. The van der Waals surface area contributed by atoms with E-state index in [-0.39, 0.29) is 20.5 Å². The second-order valence-corrected chi connectivity index (χ2v) is 3.78. The van der Waals surface area contributed by atoms with Gasteiger partial charge in [-0.25, -0.2) is 0 Å². The van der Waals surface area contributed by atoms with Crippen LogP contribution >= 0.6 is 0 Å². The summed E-state index contributed by atoms with van der Waals surface area (Å²) in [5.74, 6) is -0.329. The minimum absolute atomic E-state index is 0.118. The van der Waals surface area contributed by atoms with Crippen molar-refractivity contribution < 1.29 is 9.53 Å². The Labute approximate surface area is 63.8 Å². The van der Waals surface area contributed by atoms with E-state index in [1.54, 1.807) is 0 Å². The number of nitrogens with zero attached hydrogens (tertiary/aromatic N) is 1. The number of nitrogen functional groups attached to an aromatic ring is 1. The number of carbonyl (C=O) groups is 1. The molecule has 0 unspecified atom stereocenters. The topological polar surface area (TPSA) is 65.2 Å². The third-order valence-electron chi connectivity index (χ3n) is 0.910. The number of esters is 1. The Morgan fingerprint density at radius 3 is 3.00 bits per heavy atom. The number of nitrogens with two attached hydrogens (primary N) is 1. The molecule has 5 heteroatoms. The number of carbonyl (C=O) groups excluding carboxylic acids is 1. The van der Waals surface area contributed by atoms with Gasteiger partial charge in [-0.15, -0.1) is 0 Å². The molecule has 1 aromatic rings. The molecule has 54 valence electrons. The molecule has 0 bridgehead atoms. The van der Waals surface area contributed by atoms with Crippen LogP contribution in [-0.4, -0.2) is 32.6 Å². The summed E-state index contributed by atoms with van der Waals surface area (Å²) in [5, 5.41) is 0. The molecule has 1 heterocycles. The van der Waals surface area contributed by atoms with E-state index >= 15 is 0 Å². The number of hydrogen-bond donors (Lipinski definition) is 1. The fourth-order valence-electron chi connectivity index (χ4n) is 0.483. The van der Waals surface area contributed by atoms with Gasteiger partial charge in [-0.2, -0.15) is 0 Å². The molecule has 0 spiro atoms. The monoisotopic (exact) mass is 206 g/mol. The van der Waals surface area contributed by atoms with Crippen molar-refractivity contribution in [2.24, 2.45) is 0 Å². The predicted octanol–water partition coefficient (Wildman–Crippen LogP) is -0.493. The molecule has 0 aromatic carbocycles. The molecule has 0 fully saturated rings. The Kier molecular flexibility index (Phi) is 2.09. The van der Waals surface area contributed by atoms with Crippen molar-refractivity contribution in [2.45, 2.75) is 0 Å². The fourth-order valence-corrected chi connectivity index (χ4v) is 1.75. The average Bonchev–Trinajstić information content (AvgIpc) is 2.34. The third kappa shape index (κ3) is 1.37. The third-order valence-corrected chi connectivity index (χ3v) is 2.60. The molecule has 4 nitrogen and oxygen atoms in total. The van der Waals surface area contributed by atoms with E-state index < -0.39 is 0 Å². The van der Waals surface area contributed by atoms with Gasteiger partial charge in [0.1, 0.15) is 0 Å². The molecule has 0 saturated heterocycles. The Balaban J connectivity index is 2.85. The average molecular weight is 205 g/mol. The van der Waals surface area contributed by atoms with E-state index in [9.17, 15) is 4.79 Å². The number of anilines is 1. The van der Waals surface area contributed by atoms with Crippen molar-refractivity contribution in [1.29, 1.82) is 0 Å². The molecule has 2 N–H and O–H groups in total. The molecular weight excluding hydrogens is 199 g/mol. The van der Waals surface area contributed by atoms with Gasteiger partial charge in [-0.1, -0.05) is 0 Å². The first-order valence-electron chi connectivity index (χ1n) is 2.53. The van der Waals surface area contributed by atoms with Gasteiger partial charge in [0.05, 0.1) is 0 Å². The maximum absolute atomic E-state index is 10.8. The van der Waals surface area contributed by atoms with Crippen LogP contribution in [0.15, 0.2) is 6.20 Å². The van der Waals surface area contributed by atoms with Crippen LogP contribution in [0.25, 0.3) is 0 Å². The quantitative estimate of drug-likeness (QED) is 0.496. The van der Waals surface area contributed by atoms with Crippen LogP contribution in [0.3, 0.4) is 0 Å². The molecule has 0 aliphatic rings. The van der Waals surface area contributed by atoms with Gasteiger partial charge in [0.15, 0.2) is 0 Å². The SMILES string of the molecule is COC(=O)c1cnc(N)[se]1. The van der Waals surface area contributed by atoms with E-state index in [2.05, 4.69) is 9.72 Å². The van der Waals surface area contributed by atoms with Crippen LogP contribution in [0.2, 0.25) is 0 Å². The molecule has 0 atom stereocenters. The van der Waals surface area contributed by atoms with Crippen molar-refractivity contribution in [3.05, 3.63) is 10.6 Å². The normalized spacial score (nSPS) is 9.30. The van der Waals surface area contributed by atoms with Crippen LogP contribution < -0.4 is 5.73 Å². The molecule has 1 aromatic heterocycles. The summed E-state index contributed by atoms with van der Waals surface area (Å²) in [6, 6.07) is 0. The van der Waals surface area contributed by atoms with Gasteiger partial charge in [0.2, 0.25) is 0 Å². The summed E-state index contributed by atoms with van der Waals surface area (Å²) in [7, 11) is 1.34. The zero-order valence-corrected chi connectivity index (χ0v) is 7.04. The van der Waals surface area contributed by atoms with Gasteiger partial charge in [-0.05, 0) is 0 Å². The molecule has 0 saturated carbocycles. The van der Waals surface area contributed by atoms with Gasteiger partial charge in [0.25, 0.3) is 0 Å². The molecule has 0 aliphatic carbocycles. The predicted molar refractivity (Wildman–Crippen MR) is 36.9 cm³/mol. The van der Waals surface area contributed by atoms with Crippen LogP contribution in [0.5, 0.6) is 0 Å². The van der Waals surface area contributed by atoms with Crippen LogP contribution in [-0.2, 0) is 4.74 Å². The number of methoxy groups -OCH3 is 1. The summed E-state index contributed by atoms with van der Waals surface area (Å²) in [5.41, 5.74) is 5.34. The van der Waals surface area contributed by atoms with Crippen molar-refractivity contribution in [2.75, 3.05) is 12.8 Å². The van der Waals surface area contributed by atoms with Gasteiger partial charge < -0.3 is 0 Å². The summed E-state index contributed by atoms with van der Waals surface area (Å²) < 4.78 is 5.56. The summed E-state index contributed by atoms with van der Waals surface area (Å²) in [6.45, 7) is 0. The summed E-state index contributed by atoms with van der Waals surface area (Å²) in [4.78, 5) is 14.5. The number of hydrogen-bond acceptors (Lipinski definition) is 4. The maximum atomic E-state index is 10.8. The second-order valence-electron chi connectivity index (χ2n) is 1.55. The van der Waals surface area contributed by atoms with Gasteiger partial charge in [-0.3, -0.25) is 0 Å². The van der Waals surface area contributed by atoms with Crippen LogP contribution in [0, 0.1) is 0 Å². The Bertz CT molecular complexity index is 246. The number of aromatic nitrogens is 1. The van der Waals surface area contributed by atoms with E-state index in [4.69, 9.17) is 5.73 Å². The van der Waals surface area contributed by atoms with E-state index in [0.717, 1.165) is 0 Å². The Morgan fingerprint density at radius 1 is 1.90 bits per heavy atom. The minimum atomic E-state index is -0.329. The van der Waals surface area contributed by atoms with Crippen LogP contribution in [0.1, 0.15) is 9.23 Å². The van der Waals surface area contributed by atoms with Gasteiger partial charge >= 0.3 is 63.2 Å². The van der Waals surface area contributed by atoms with E-state index in [1.807, 2.05) is 0 Å².